The second kappa shape index (κ2) is 24.5. The first-order valence-electron chi connectivity index (χ1n) is 14.2. The standard InChI is InChI=1S/C13H17NO.2C12H10NO.C2H2.Sr/c1-4-6-13(14-2)12-8-5-7-11(9-12)10-15-3;2*1-14-11-6-4-5-10(9-11)12-7-2-3-8-13-12;1-2;/h4-7,9,13H,10H2,1-3H3;2*2-4,6-9H,1H3;1-2H;/q-2;2*-1;;+2/p+2/b6-4-;;;;. The number of allylic oxidation sites excluding steroid dienone is 1. The second-order valence-electron chi connectivity index (χ2n) is 9.15. The van der Waals surface area contributed by atoms with E-state index in [9.17, 15) is 0 Å². The number of nitrogens with zero attached hydrogens (tertiary/aromatic N) is 1. The van der Waals surface area contributed by atoms with E-state index in [1.807, 2.05) is 117 Å². The molecule has 0 saturated heterocycles. The smallest absolute Gasteiger partial charge is 0.657 e. The number of pyridine rings is 2. The molecule has 3 aromatic carbocycles. The first-order valence-corrected chi connectivity index (χ1v) is 14.2. The Morgan fingerprint density at radius 3 is 1.70 bits per heavy atom. The molecule has 7 heteroatoms. The summed E-state index contributed by atoms with van der Waals surface area (Å²) in [4.78, 5) is 6.30. The van der Waals surface area contributed by atoms with E-state index in [1.165, 1.54) is 0 Å². The van der Waals surface area contributed by atoms with Crippen molar-refractivity contribution in [3.8, 4) is 46.9 Å². The molecule has 0 aliphatic rings. The molecule has 0 spiro atoms. The van der Waals surface area contributed by atoms with Crippen molar-refractivity contribution in [3.05, 3.63) is 150 Å². The summed E-state index contributed by atoms with van der Waals surface area (Å²) >= 11 is 0. The molecule has 1 unspecified atom stereocenters. The summed E-state index contributed by atoms with van der Waals surface area (Å²) in [6.45, 7) is 2.63. The van der Waals surface area contributed by atoms with Crippen LogP contribution >= 0.6 is 0 Å². The van der Waals surface area contributed by atoms with Gasteiger partial charge >= 0.3 is 45.5 Å². The third-order valence-electron chi connectivity index (χ3n) is 6.19. The Balaban J connectivity index is 0.000000332. The second-order valence-corrected chi connectivity index (χ2v) is 9.15. The van der Waals surface area contributed by atoms with Crippen molar-refractivity contribution < 1.29 is 24.2 Å². The number of rotatable bonds is 9. The van der Waals surface area contributed by atoms with Gasteiger partial charge in [0.05, 0.1) is 14.2 Å². The minimum atomic E-state index is 0. The van der Waals surface area contributed by atoms with Crippen LogP contribution in [0.15, 0.2) is 116 Å². The number of nitrogens with one attached hydrogen (secondary N) is 2. The monoisotopic (exact) mass is 687 g/mol. The zero-order valence-corrected chi connectivity index (χ0v) is 30.8. The van der Waals surface area contributed by atoms with Gasteiger partial charge in [0, 0.05) is 37.3 Å². The van der Waals surface area contributed by atoms with Gasteiger partial charge in [-0.05, 0) is 19.1 Å². The maximum atomic E-state index is 5.14. The number of H-pyrrole nitrogens is 2. The van der Waals surface area contributed by atoms with Crippen molar-refractivity contribution >= 4 is 45.5 Å². The Labute approximate surface area is 312 Å². The molecule has 5 rings (SSSR count). The van der Waals surface area contributed by atoms with E-state index in [4.69, 9.17) is 14.2 Å². The van der Waals surface area contributed by atoms with E-state index in [0.29, 0.717) is 6.61 Å². The quantitative estimate of drug-likeness (QED) is 0.0721. The molecular weight excluding hydrogens is 646 g/mol. The van der Waals surface area contributed by atoms with E-state index in [-0.39, 0.29) is 51.5 Å². The maximum Gasteiger partial charge on any atom is 2.00 e. The molecule has 0 amide bonds. The first kappa shape index (κ1) is 40.3. The van der Waals surface area contributed by atoms with Crippen molar-refractivity contribution in [2.24, 2.45) is 0 Å². The average molecular weight is 687 g/mol. The first-order chi connectivity index (χ1) is 22.1. The van der Waals surface area contributed by atoms with E-state index in [2.05, 4.69) is 58.5 Å². The number of hydrogen-bond donors (Lipinski definition) is 0. The number of likely N-dealkylation sites (N-methyl/N-ethyl adjacent to an activating group) is 1. The molecule has 46 heavy (non-hydrogen) atoms. The van der Waals surface area contributed by atoms with Gasteiger partial charge < -0.3 is 19.5 Å². The minimum absolute atomic E-state index is 0. The summed E-state index contributed by atoms with van der Waals surface area (Å²) in [5.74, 6) is 1.69. The summed E-state index contributed by atoms with van der Waals surface area (Å²) in [5.41, 5.74) is 6.32. The Morgan fingerprint density at radius 1 is 0.761 bits per heavy atom. The summed E-state index contributed by atoms with van der Waals surface area (Å²) in [5, 5.41) is 4.29. The molecule has 2 heterocycles. The summed E-state index contributed by atoms with van der Waals surface area (Å²) < 4.78 is 15.4. The van der Waals surface area contributed by atoms with Crippen molar-refractivity contribution in [3.63, 3.8) is 0 Å². The van der Waals surface area contributed by atoms with Crippen LogP contribution in [-0.4, -0.2) is 73.9 Å². The van der Waals surface area contributed by atoms with Gasteiger partial charge in [-0.2, -0.15) is 36.9 Å². The zero-order valence-electron chi connectivity index (χ0n) is 27.3. The van der Waals surface area contributed by atoms with E-state index in [1.54, 1.807) is 21.3 Å². The molecule has 5 aromatic rings. The Bertz CT molecular complexity index is 1480. The predicted molar refractivity (Wildman–Crippen MR) is 186 cm³/mol. The van der Waals surface area contributed by atoms with Gasteiger partial charge in [0.1, 0.15) is 11.4 Å². The van der Waals surface area contributed by atoms with Gasteiger partial charge in [-0.1, -0.05) is 41.5 Å². The molecule has 6 nitrogen and oxygen atoms in total. The van der Waals surface area contributed by atoms with Crippen LogP contribution in [0.5, 0.6) is 11.5 Å². The fraction of sp³-hybridized carbons (Fsp3) is 0.179. The van der Waals surface area contributed by atoms with Crippen LogP contribution in [0.2, 0.25) is 0 Å². The van der Waals surface area contributed by atoms with Gasteiger partial charge in [0.25, 0.3) is 0 Å². The Morgan fingerprint density at radius 2 is 1.28 bits per heavy atom. The molecule has 1 atom stereocenters. The fourth-order valence-electron chi connectivity index (χ4n) is 4.05. The molecule has 2 aromatic heterocycles. The number of terminal acetylenes is 1. The summed E-state index contributed by atoms with van der Waals surface area (Å²) in [6, 6.07) is 38.9. The molecule has 0 aliphatic heterocycles. The molecule has 232 valence electrons. The van der Waals surface area contributed by atoms with Crippen molar-refractivity contribution in [2.45, 2.75) is 19.6 Å². The Kier molecular flexibility index (Phi) is 21.4. The number of aromatic nitrogens is 2. The number of aromatic amines is 2. The number of benzene rings is 3. The van der Waals surface area contributed by atoms with Gasteiger partial charge in [-0.25, -0.2) is 0 Å². The van der Waals surface area contributed by atoms with Gasteiger partial charge in [0.15, 0.2) is 12.4 Å². The number of methoxy groups -OCH3 is 3. The molecule has 0 bridgehead atoms. The van der Waals surface area contributed by atoms with Crippen LogP contribution in [0.3, 0.4) is 0 Å². The van der Waals surface area contributed by atoms with Crippen LogP contribution in [0.25, 0.3) is 27.8 Å². The van der Waals surface area contributed by atoms with Crippen LogP contribution in [-0.2, 0) is 11.3 Å². The number of hydrogen-bond acceptors (Lipinski definition) is 3. The minimum Gasteiger partial charge on any atom is -0.657 e. The van der Waals surface area contributed by atoms with E-state index >= 15 is 0 Å². The molecule has 0 fully saturated rings. The Hall–Kier alpha value is -3.74. The molecule has 0 aliphatic carbocycles. The largest absolute Gasteiger partial charge is 2.00 e. The maximum absolute atomic E-state index is 5.14. The SMILES string of the molecule is C#C.C/C=C\C([N-]C)c1[c-]ccc(COC)c1.COc1cc[c-]c(-c2cccc[nH+]2)c1.COc1cc[c-]c(-c2cccc[nH+]2)c1.[Sr+2]. The van der Waals surface area contributed by atoms with E-state index < -0.39 is 0 Å². The molecule has 2 N–H and O–H groups in total. The van der Waals surface area contributed by atoms with Gasteiger partial charge in [0.2, 0.25) is 0 Å². The molecule has 0 radical (unpaired) electrons. The van der Waals surface area contributed by atoms with Gasteiger partial charge in [-0.3, -0.25) is 9.97 Å². The topological polar surface area (TPSA) is 70.1 Å². The van der Waals surface area contributed by atoms with Crippen molar-refractivity contribution in [2.75, 3.05) is 28.4 Å². The van der Waals surface area contributed by atoms with Crippen LogP contribution in [0.4, 0.5) is 0 Å². The third-order valence-corrected chi connectivity index (χ3v) is 6.19. The zero-order chi connectivity index (χ0) is 32.7. The van der Waals surface area contributed by atoms with Crippen LogP contribution in [0.1, 0.15) is 24.1 Å². The molecular formula is C39H41N3O3Sr. The van der Waals surface area contributed by atoms with Gasteiger partial charge in [-0.15, -0.1) is 66.9 Å². The van der Waals surface area contributed by atoms with Crippen LogP contribution in [0, 0.1) is 31.0 Å². The van der Waals surface area contributed by atoms with E-state index in [0.717, 1.165) is 45.1 Å². The van der Waals surface area contributed by atoms with Crippen LogP contribution < -0.4 is 19.4 Å². The predicted octanol–water partition coefficient (Wildman–Crippen LogP) is 7.08. The van der Waals surface area contributed by atoms with Crippen molar-refractivity contribution in [1.82, 2.24) is 0 Å². The third kappa shape index (κ3) is 14.1. The summed E-state index contributed by atoms with van der Waals surface area (Å²) in [6.07, 6.45) is 15.8. The fourth-order valence-corrected chi connectivity index (χ4v) is 4.05. The van der Waals surface area contributed by atoms with Crippen molar-refractivity contribution in [1.29, 1.82) is 0 Å². The molecule has 0 saturated carbocycles. The number of ether oxygens (including phenoxy) is 3. The summed E-state index contributed by atoms with van der Waals surface area (Å²) in [7, 11) is 6.84. The normalized spacial score (nSPS) is 10.3. The average Bonchev–Trinajstić information content (AvgIpc) is 3.13.